The first-order chi connectivity index (χ1) is 12.6. The van der Waals surface area contributed by atoms with Crippen molar-refractivity contribution in [3.63, 3.8) is 0 Å². The summed E-state index contributed by atoms with van der Waals surface area (Å²) >= 11 is 0. The van der Waals surface area contributed by atoms with Crippen LogP contribution in [0.25, 0.3) is 11.1 Å². The van der Waals surface area contributed by atoms with E-state index in [1.54, 1.807) is 0 Å². The Labute approximate surface area is 153 Å². The van der Waals surface area contributed by atoms with Crippen LogP contribution in [-0.2, 0) is 17.8 Å². The molecule has 1 aromatic heterocycles. The Hall–Kier alpha value is -3.14. The molecule has 0 aliphatic carbocycles. The Bertz CT molecular complexity index is 977. The molecule has 3 aromatic rings. The van der Waals surface area contributed by atoms with Gasteiger partial charge in [-0.1, -0.05) is 35.9 Å². The number of anilines is 2. The average Bonchev–Trinajstić information content (AvgIpc) is 3.01. The standard InChI is InChI=1S/C22H21N3O/c1-14-3-5-16(6-4-14)12-24-21-10-19(13-23-15(21)2)17-7-8-20-18(9-17)11-22(26)25-20/h3-10,13,24H,11-12H2,1-2H3,(H,25,26). The third-order valence-electron chi connectivity index (χ3n) is 4.75. The molecule has 4 rings (SSSR count). The number of carbonyl (C=O) groups excluding carboxylic acids is 1. The van der Waals surface area contributed by atoms with Crippen LogP contribution >= 0.6 is 0 Å². The van der Waals surface area contributed by atoms with Gasteiger partial charge in [0, 0.05) is 24.0 Å². The van der Waals surface area contributed by atoms with Crippen LogP contribution in [0.2, 0.25) is 0 Å². The van der Waals surface area contributed by atoms with E-state index in [0.717, 1.165) is 40.3 Å². The highest BCUT2D eigenvalue weighted by Crippen LogP contribution is 2.30. The van der Waals surface area contributed by atoms with Crippen LogP contribution in [0.5, 0.6) is 0 Å². The molecule has 2 N–H and O–H groups in total. The van der Waals surface area contributed by atoms with Crippen molar-refractivity contribution >= 4 is 17.3 Å². The van der Waals surface area contributed by atoms with Gasteiger partial charge in [0.1, 0.15) is 0 Å². The van der Waals surface area contributed by atoms with Gasteiger partial charge in [-0.15, -0.1) is 0 Å². The number of aryl methyl sites for hydroxylation is 2. The fraction of sp³-hybridized carbons (Fsp3) is 0.182. The molecule has 2 aromatic carbocycles. The van der Waals surface area contributed by atoms with Crippen LogP contribution in [0.4, 0.5) is 11.4 Å². The number of amides is 1. The van der Waals surface area contributed by atoms with E-state index in [9.17, 15) is 4.79 Å². The number of benzene rings is 2. The van der Waals surface area contributed by atoms with E-state index < -0.39 is 0 Å². The topological polar surface area (TPSA) is 54.0 Å². The first-order valence-electron chi connectivity index (χ1n) is 8.78. The number of pyridine rings is 1. The molecule has 26 heavy (non-hydrogen) atoms. The zero-order valence-electron chi connectivity index (χ0n) is 15.0. The van der Waals surface area contributed by atoms with Gasteiger partial charge in [0.15, 0.2) is 0 Å². The predicted molar refractivity (Wildman–Crippen MR) is 105 cm³/mol. The summed E-state index contributed by atoms with van der Waals surface area (Å²) in [7, 11) is 0. The minimum absolute atomic E-state index is 0.0552. The molecule has 0 unspecified atom stereocenters. The smallest absolute Gasteiger partial charge is 0.228 e. The van der Waals surface area contributed by atoms with E-state index in [0.29, 0.717) is 6.42 Å². The second-order valence-electron chi connectivity index (χ2n) is 6.79. The van der Waals surface area contributed by atoms with E-state index in [1.165, 1.54) is 11.1 Å². The van der Waals surface area contributed by atoms with Crippen molar-refractivity contribution in [3.05, 3.63) is 77.1 Å². The summed E-state index contributed by atoms with van der Waals surface area (Å²) in [5.74, 6) is 0.0552. The summed E-state index contributed by atoms with van der Waals surface area (Å²) in [5.41, 5.74) is 8.58. The first-order valence-corrected chi connectivity index (χ1v) is 8.78. The Morgan fingerprint density at radius 3 is 2.65 bits per heavy atom. The van der Waals surface area contributed by atoms with Crippen LogP contribution in [0.15, 0.2) is 54.7 Å². The molecule has 1 aliphatic rings. The van der Waals surface area contributed by atoms with Gasteiger partial charge < -0.3 is 10.6 Å². The number of nitrogens with one attached hydrogen (secondary N) is 2. The third-order valence-corrected chi connectivity index (χ3v) is 4.75. The summed E-state index contributed by atoms with van der Waals surface area (Å²) in [6.45, 7) is 4.86. The Morgan fingerprint density at radius 2 is 1.85 bits per heavy atom. The predicted octanol–water partition coefficient (Wildman–Crippen LogP) is 4.47. The Balaban J connectivity index is 1.57. The molecule has 130 valence electrons. The fourth-order valence-electron chi connectivity index (χ4n) is 3.18. The van der Waals surface area contributed by atoms with Crippen molar-refractivity contribution in [2.45, 2.75) is 26.8 Å². The van der Waals surface area contributed by atoms with Crippen molar-refractivity contribution < 1.29 is 4.79 Å². The summed E-state index contributed by atoms with van der Waals surface area (Å²) in [6, 6.07) is 16.7. The van der Waals surface area contributed by atoms with Crippen LogP contribution in [0, 0.1) is 13.8 Å². The maximum atomic E-state index is 11.6. The monoisotopic (exact) mass is 343 g/mol. The van der Waals surface area contributed by atoms with E-state index in [4.69, 9.17) is 0 Å². The normalized spacial score (nSPS) is 12.6. The molecule has 1 amide bonds. The minimum atomic E-state index is 0.0552. The second kappa shape index (κ2) is 6.64. The first kappa shape index (κ1) is 16.3. The summed E-state index contributed by atoms with van der Waals surface area (Å²) in [5, 5.41) is 6.36. The van der Waals surface area contributed by atoms with Gasteiger partial charge in [-0.3, -0.25) is 9.78 Å². The molecule has 0 saturated heterocycles. The van der Waals surface area contributed by atoms with Crippen molar-refractivity contribution in [3.8, 4) is 11.1 Å². The SMILES string of the molecule is Cc1ccc(CNc2cc(-c3ccc4c(c3)CC(=O)N4)cnc2C)cc1. The fourth-order valence-corrected chi connectivity index (χ4v) is 3.18. The van der Waals surface area contributed by atoms with E-state index in [1.807, 2.05) is 25.3 Å². The lowest BCUT2D eigenvalue weighted by atomic mass is 10.0. The van der Waals surface area contributed by atoms with Crippen molar-refractivity contribution in [1.29, 1.82) is 0 Å². The Morgan fingerprint density at radius 1 is 1.04 bits per heavy atom. The second-order valence-corrected chi connectivity index (χ2v) is 6.79. The summed E-state index contributed by atoms with van der Waals surface area (Å²) < 4.78 is 0. The van der Waals surface area contributed by atoms with Gasteiger partial charge in [0.2, 0.25) is 5.91 Å². The van der Waals surface area contributed by atoms with Gasteiger partial charge in [-0.25, -0.2) is 0 Å². The zero-order chi connectivity index (χ0) is 18.1. The molecule has 4 nitrogen and oxygen atoms in total. The highest BCUT2D eigenvalue weighted by molar-refractivity contribution is 5.99. The lowest BCUT2D eigenvalue weighted by Crippen LogP contribution is -2.03. The Kier molecular flexibility index (Phi) is 4.17. The maximum absolute atomic E-state index is 11.6. The molecular weight excluding hydrogens is 322 g/mol. The molecule has 0 radical (unpaired) electrons. The summed E-state index contributed by atoms with van der Waals surface area (Å²) in [4.78, 5) is 16.1. The number of hydrogen-bond acceptors (Lipinski definition) is 3. The molecule has 1 aliphatic heterocycles. The van der Waals surface area contributed by atoms with Crippen LogP contribution < -0.4 is 10.6 Å². The van der Waals surface area contributed by atoms with Crippen LogP contribution in [0.3, 0.4) is 0 Å². The van der Waals surface area contributed by atoms with Crippen molar-refractivity contribution in [2.24, 2.45) is 0 Å². The molecule has 0 saturated carbocycles. The van der Waals surface area contributed by atoms with E-state index in [2.05, 4.69) is 58.9 Å². The number of nitrogens with zero attached hydrogens (tertiary/aromatic N) is 1. The zero-order valence-corrected chi connectivity index (χ0v) is 15.0. The molecule has 0 fully saturated rings. The van der Waals surface area contributed by atoms with Gasteiger partial charge >= 0.3 is 0 Å². The maximum Gasteiger partial charge on any atom is 0.228 e. The van der Waals surface area contributed by atoms with Crippen molar-refractivity contribution in [2.75, 3.05) is 10.6 Å². The third kappa shape index (κ3) is 3.31. The van der Waals surface area contributed by atoms with Gasteiger partial charge in [-0.2, -0.15) is 0 Å². The molecular formula is C22H21N3O. The quantitative estimate of drug-likeness (QED) is 0.735. The highest BCUT2D eigenvalue weighted by Gasteiger charge is 2.18. The van der Waals surface area contributed by atoms with Crippen molar-refractivity contribution in [1.82, 2.24) is 4.98 Å². The lowest BCUT2D eigenvalue weighted by Gasteiger charge is -2.12. The van der Waals surface area contributed by atoms with E-state index in [-0.39, 0.29) is 5.91 Å². The molecule has 0 atom stereocenters. The molecule has 4 heteroatoms. The number of aromatic nitrogens is 1. The highest BCUT2D eigenvalue weighted by atomic mass is 16.1. The van der Waals surface area contributed by atoms with Gasteiger partial charge in [0.05, 0.1) is 17.8 Å². The van der Waals surface area contributed by atoms with Gasteiger partial charge in [-0.05, 0) is 48.7 Å². The molecule has 0 bridgehead atoms. The number of fused-ring (bicyclic) bond motifs is 1. The largest absolute Gasteiger partial charge is 0.379 e. The lowest BCUT2D eigenvalue weighted by molar-refractivity contribution is -0.115. The minimum Gasteiger partial charge on any atom is -0.379 e. The molecule has 0 spiro atoms. The van der Waals surface area contributed by atoms with Crippen LogP contribution in [-0.4, -0.2) is 10.9 Å². The van der Waals surface area contributed by atoms with E-state index >= 15 is 0 Å². The number of carbonyl (C=O) groups is 1. The molecule has 2 heterocycles. The van der Waals surface area contributed by atoms with Crippen LogP contribution in [0.1, 0.15) is 22.4 Å². The number of hydrogen-bond donors (Lipinski definition) is 2. The number of rotatable bonds is 4. The van der Waals surface area contributed by atoms with Gasteiger partial charge in [0.25, 0.3) is 0 Å². The summed E-state index contributed by atoms with van der Waals surface area (Å²) in [6.07, 6.45) is 2.33. The average molecular weight is 343 g/mol.